The van der Waals surface area contributed by atoms with Crippen LogP contribution in [0.1, 0.15) is 17.5 Å². The van der Waals surface area contributed by atoms with E-state index in [4.69, 9.17) is 4.74 Å². The van der Waals surface area contributed by atoms with E-state index in [1.54, 1.807) is 6.08 Å². The number of amides is 1. The van der Waals surface area contributed by atoms with Gasteiger partial charge >= 0.3 is 5.97 Å². The van der Waals surface area contributed by atoms with Crippen LogP contribution in [0.15, 0.2) is 53.2 Å². The first-order valence-corrected chi connectivity index (χ1v) is 11.6. The number of hydrogen-bond acceptors (Lipinski definition) is 6. The molecule has 1 amide bonds. The zero-order chi connectivity index (χ0) is 20.0. The van der Waals surface area contributed by atoms with Crippen LogP contribution in [0.5, 0.6) is 0 Å². The Morgan fingerprint density at radius 1 is 1.21 bits per heavy atom. The normalized spacial score (nSPS) is 18.2. The fourth-order valence-electron chi connectivity index (χ4n) is 3.02. The van der Waals surface area contributed by atoms with Crippen molar-refractivity contribution in [3.63, 3.8) is 0 Å². The maximum Gasteiger partial charge on any atom is 0.331 e. The highest BCUT2D eigenvalue weighted by molar-refractivity contribution is 7.91. The molecule has 0 N–H and O–H groups in total. The zero-order valence-electron chi connectivity index (χ0n) is 15.2. The molecule has 6 nitrogen and oxygen atoms in total. The van der Waals surface area contributed by atoms with Crippen molar-refractivity contribution in [3.8, 4) is 0 Å². The molecule has 0 saturated carbocycles. The summed E-state index contributed by atoms with van der Waals surface area (Å²) in [5.41, 5.74) is 1.78. The number of carbonyl (C=O) groups excluding carboxylic acids is 2. The first-order valence-electron chi connectivity index (χ1n) is 8.84. The number of nitrogens with zero attached hydrogens (tertiary/aromatic N) is 1. The highest BCUT2D eigenvalue weighted by Crippen LogP contribution is 2.20. The largest absolute Gasteiger partial charge is 0.452 e. The van der Waals surface area contributed by atoms with Gasteiger partial charge in [-0.25, -0.2) is 13.2 Å². The van der Waals surface area contributed by atoms with E-state index in [1.807, 2.05) is 47.2 Å². The summed E-state index contributed by atoms with van der Waals surface area (Å²) in [7, 11) is -3.14. The maximum atomic E-state index is 12.7. The number of benzene rings is 1. The first-order chi connectivity index (χ1) is 13.4. The van der Waals surface area contributed by atoms with Crippen LogP contribution in [0.3, 0.4) is 0 Å². The second-order valence-electron chi connectivity index (χ2n) is 6.56. The Balaban J connectivity index is 1.63. The zero-order valence-corrected chi connectivity index (χ0v) is 16.8. The lowest BCUT2D eigenvalue weighted by molar-refractivity contribution is -0.149. The summed E-state index contributed by atoms with van der Waals surface area (Å²) in [6.07, 6.45) is 3.29. The van der Waals surface area contributed by atoms with Gasteiger partial charge in [0, 0.05) is 18.7 Å². The molecule has 8 heteroatoms. The average Bonchev–Trinajstić information content (AvgIpc) is 3.32. The molecule has 1 aliphatic rings. The molecule has 1 aromatic carbocycles. The standard InChI is InChI=1S/C20H21NO5S2/c22-19(13-26-20(23)7-6-17-8-10-27-14-17)21(12-16-4-2-1-3-5-16)18-9-11-28(24,25)15-18/h1-8,10,14,18H,9,11-13,15H2/b7-6+/t18-/m1/s1. The molecule has 0 radical (unpaired) electrons. The highest BCUT2D eigenvalue weighted by atomic mass is 32.2. The van der Waals surface area contributed by atoms with E-state index in [9.17, 15) is 18.0 Å². The van der Waals surface area contributed by atoms with Gasteiger partial charge in [0.1, 0.15) is 0 Å². The lowest BCUT2D eigenvalue weighted by Gasteiger charge is -2.28. The molecule has 148 valence electrons. The Morgan fingerprint density at radius 2 is 2.00 bits per heavy atom. The molecule has 1 aliphatic heterocycles. The van der Waals surface area contributed by atoms with Gasteiger partial charge in [0.2, 0.25) is 0 Å². The van der Waals surface area contributed by atoms with Crippen molar-refractivity contribution in [1.29, 1.82) is 0 Å². The van der Waals surface area contributed by atoms with Gasteiger partial charge < -0.3 is 9.64 Å². The SMILES string of the molecule is O=C(/C=C/c1ccsc1)OCC(=O)N(Cc1ccccc1)[C@@H]1CCS(=O)(=O)C1. The molecule has 3 rings (SSSR count). The summed E-state index contributed by atoms with van der Waals surface area (Å²) in [5.74, 6) is -1.00. The van der Waals surface area contributed by atoms with Gasteiger partial charge in [-0.1, -0.05) is 30.3 Å². The molecule has 0 unspecified atom stereocenters. The van der Waals surface area contributed by atoms with Crippen LogP contribution in [0, 0.1) is 0 Å². The quantitative estimate of drug-likeness (QED) is 0.509. The fraction of sp³-hybridized carbons (Fsp3) is 0.300. The van der Waals surface area contributed by atoms with Gasteiger partial charge in [-0.15, -0.1) is 0 Å². The number of rotatable bonds is 7. The van der Waals surface area contributed by atoms with Crippen LogP contribution in [-0.2, 0) is 30.7 Å². The van der Waals surface area contributed by atoms with E-state index in [2.05, 4.69) is 0 Å². The van der Waals surface area contributed by atoms with E-state index >= 15 is 0 Å². The minimum absolute atomic E-state index is 0.0580. The minimum Gasteiger partial charge on any atom is -0.452 e. The van der Waals surface area contributed by atoms with Crippen LogP contribution in [0.4, 0.5) is 0 Å². The first kappa shape index (κ1) is 20.3. The van der Waals surface area contributed by atoms with Gasteiger partial charge in [-0.3, -0.25) is 4.79 Å². The molecule has 0 aliphatic carbocycles. The molecule has 28 heavy (non-hydrogen) atoms. The summed E-state index contributed by atoms with van der Waals surface area (Å²) < 4.78 is 28.8. The average molecular weight is 420 g/mol. The van der Waals surface area contributed by atoms with Crippen molar-refractivity contribution < 1.29 is 22.7 Å². The van der Waals surface area contributed by atoms with E-state index in [0.29, 0.717) is 6.42 Å². The molecule has 1 aromatic heterocycles. The Morgan fingerprint density at radius 3 is 2.64 bits per heavy atom. The molecular weight excluding hydrogens is 398 g/mol. The van der Waals surface area contributed by atoms with E-state index in [0.717, 1.165) is 11.1 Å². The number of esters is 1. The monoisotopic (exact) mass is 419 g/mol. The smallest absolute Gasteiger partial charge is 0.331 e. The number of thiophene rings is 1. The molecule has 0 spiro atoms. The Labute approximate surface area is 168 Å². The van der Waals surface area contributed by atoms with Crippen LogP contribution in [-0.4, -0.2) is 49.3 Å². The Bertz CT molecular complexity index is 936. The number of hydrogen-bond donors (Lipinski definition) is 0. The van der Waals surface area contributed by atoms with Crippen molar-refractivity contribution in [2.24, 2.45) is 0 Å². The second kappa shape index (κ2) is 9.16. The van der Waals surface area contributed by atoms with Crippen molar-refractivity contribution in [1.82, 2.24) is 4.90 Å². The van der Waals surface area contributed by atoms with E-state index in [-0.39, 0.29) is 18.1 Å². The van der Waals surface area contributed by atoms with Crippen LogP contribution < -0.4 is 0 Å². The predicted octanol–water partition coefficient (Wildman–Crippen LogP) is 2.52. The summed E-state index contributed by atoms with van der Waals surface area (Å²) in [4.78, 5) is 26.1. The van der Waals surface area contributed by atoms with E-state index in [1.165, 1.54) is 22.3 Å². The molecule has 2 aromatic rings. The number of carbonyl (C=O) groups is 2. The van der Waals surface area contributed by atoms with Crippen molar-refractivity contribution in [2.75, 3.05) is 18.1 Å². The highest BCUT2D eigenvalue weighted by Gasteiger charge is 2.34. The summed E-state index contributed by atoms with van der Waals surface area (Å²) in [6, 6.07) is 10.8. The predicted molar refractivity (Wildman–Crippen MR) is 108 cm³/mol. The van der Waals surface area contributed by atoms with Gasteiger partial charge in [-0.2, -0.15) is 11.3 Å². The summed E-state index contributed by atoms with van der Waals surface area (Å²) in [6.45, 7) is -0.141. The van der Waals surface area contributed by atoms with Crippen molar-refractivity contribution in [2.45, 2.75) is 19.0 Å². The molecule has 0 bridgehead atoms. The second-order valence-corrected chi connectivity index (χ2v) is 9.57. The lowest BCUT2D eigenvalue weighted by atomic mass is 10.1. The third kappa shape index (κ3) is 5.77. The molecule has 1 fully saturated rings. The van der Waals surface area contributed by atoms with Gasteiger partial charge in [0.15, 0.2) is 16.4 Å². The van der Waals surface area contributed by atoms with Crippen LogP contribution in [0.25, 0.3) is 6.08 Å². The summed E-state index contributed by atoms with van der Waals surface area (Å²) >= 11 is 1.51. The Hall–Kier alpha value is -2.45. The lowest BCUT2D eigenvalue weighted by Crippen LogP contribution is -2.42. The molecule has 2 heterocycles. The topological polar surface area (TPSA) is 80.8 Å². The van der Waals surface area contributed by atoms with E-state index < -0.39 is 34.4 Å². The van der Waals surface area contributed by atoms with Gasteiger partial charge in [0.05, 0.1) is 11.5 Å². The Kier molecular flexibility index (Phi) is 6.64. The molecular formula is C20H21NO5S2. The molecule has 1 atom stereocenters. The third-order valence-corrected chi connectivity index (χ3v) is 6.91. The molecule has 1 saturated heterocycles. The van der Waals surface area contributed by atoms with Crippen molar-refractivity contribution >= 4 is 39.1 Å². The third-order valence-electron chi connectivity index (χ3n) is 4.46. The van der Waals surface area contributed by atoms with Crippen LogP contribution in [0.2, 0.25) is 0 Å². The van der Waals surface area contributed by atoms with Crippen molar-refractivity contribution in [3.05, 3.63) is 64.4 Å². The van der Waals surface area contributed by atoms with Gasteiger partial charge in [-0.05, 0) is 40.5 Å². The minimum atomic E-state index is -3.14. The van der Waals surface area contributed by atoms with Crippen LogP contribution >= 0.6 is 11.3 Å². The fourth-order valence-corrected chi connectivity index (χ4v) is 5.38. The number of sulfone groups is 1. The number of ether oxygens (including phenoxy) is 1. The van der Waals surface area contributed by atoms with Gasteiger partial charge in [0.25, 0.3) is 5.91 Å². The maximum absolute atomic E-state index is 12.7. The summed E-state index contributed by atoms with van der Waals surface area (Å²) in [5, 5.41) is 3.78.